The lowest BCUT2D eigenvalue weighted by Crippen LogP contribution is -2.35. The first-order valence-corrected chi connectivity index (χ1v) is 6.09. The van der Waals surface area contributed by atoms with Crippen LogP contribution in [0.5, 0.6) is 0 Å². The summed E-state index contributed by atoms with van der Waals surface area (Å²) in [6, 6.07) is 0. The predicted molar refractivity (Wildman–Crippen MR) is 58.2 cm³/mol. The highest BCUT2D eigenvalue weighted by molar-refractivity contribution is 5.71. The van der Waals surface area contributed by atoms with Crippen molar-refractivity contribution in [3.63, 3.8) is 0 Å². The molecule has 1 saturated heterocycles. The zero-order valence-electron chi connectivity index (χ0n) is 9.72. The number of hydrogen-bond donors (Lipinski definition) is 1. The second kappa shape index (κ2) is 5.15. The number of rotatable bonds is 5. The van der Waals surface area contributed by atoms with Gasteiger partial charge >= 0.3 is 5.97 Å². The first kappa shape index (κ1) is 11.9. The molecule has 2 rings (SSSR count). The molecule has 0 amide bonds. The molecular weight excluding hydrogens is 208 g/mol. The fourth-order valence-corrected chi connectivity index (χ4v) is 2.67. The van der Waals surface area contributed by atoms with Crippen LogP contribution in [0.1, 0.15) is 32.1 Å². The Morgan fingerprint density at radius 3 is 2.75 bits per heavy atom. The Balaban J connectivity index is 1.91. The molecule has 2 fully saturated rings. The van der Waals surface area contributed by atoms with Crippen LogP contribution in [0, 0.1) is 11.8 Å². The van der Waals surface area contributed by atoms with Crippen molar-refractivity contribution in [1.29, 1.82) is 0 Å². The van der Waals surface area contributed by atoms with Gasteiger partial charge in [-0.25, -0.2) is 0 Å². The number of carboxylic acids is 1. The van der Waals surface area contributed by atoms with E-state index in [-0.39, 0.29) is 18.1 Å². The summed E-state index contributed by atoms with van der Waals surface area (Å²) in [5, 5.41) is 9.18. The normalized spacial score (nSPS) is 34.9. The summed E-state index contributed by atoms with van der Waals surface area (Å²) < 4.78 is 10.9. The topological polar surface area (TPSA) is 55.8 Å². The molecule has 1 N–H and O–H groups in total. The van der Waals surface area contributed by atoms with Crippen LogP contribution in [0.4, 0.5) is 0 Å². The van der Waals surface area contributed by atoms with E-state index in [0.29, 0.717) is 18.9 Å². The number of ether oxygens (including phenoxy) is 2. The van der Waals surface area contributed by atoms with Crippen LogP contribution in [0.2, 0.25) is 0 Å². The zero-order valence-corrected chi connectivity index (χ0v) is 9.72. The molecule has 0 radical (unpaired) electrons. The zero-order chi connectivity index (χ0) is 11.5. The highest BCUT2D eigenvalue weighted by atomic mass is 16.5. The van der Waals surface area contributed by atoms with Gasteiger partial charge in [0.2, 0.25) is 0 Å². The summed E-state index contributed by atoms with van der Waals surface area (Å²) in [6.45, 7) is 0.647. The van der Waals surface area contributed by atoms with E-state index in [9.17, 15) is 9.90 Å². The van der Waals surface area contributed by atoms with Crippen molar-refractivity contribution >= 4 is 5.97 Å². The number of hydrogen-bond acceptors (Lipinski definition) is 3. The highest BCUT2D eigenvalue weighted by Crippen LogP contribution is 2.41. The molecule has 0 aromatic carbocycles. The maximum absolute atomic E-state index is 11.2. The maximum atomic E-state index is 11.2. The van der Waals surface area contributed by atoms with Crippen LogP contribution in [0.3, 0.4) is 0 Å². The van der Waals surface area contributed by atoms with Crippen LogP contribution in [-0.4, -0.2) is 37.0 Å². The molecule has 4 nitrogen and oxygen atoms in total. The molecule has 0 aromatic rings. The Kier molecular flexibility index (Phi) is 3.82. The minimum atomic E-state index is -0.697. The summed E-state index contributed by atoms with van der Waals surface area (Å²) in [4.78, 5) is 11.2. The number of carbonyl (C=O) groups is 1. The van der Waals surface area contributed by atoms with Gasteiger partial charge in [0.1, 0.15) is 0 Å². The molecule has 0 bridgehead atoms. The average molecular weight is 228 g/mol. The Morgan fingerprint density at radius 1 is 1.50 bits per heavy atom. The van der Waals surface area contributed by atoms with E-state index in [1.165, 1.54) is 6.42 Å². The molecule has 0 aromatic heterocycles. The summed E-state index contributed by atoms with van der Waals surface area (Å²) in [6.07, 6.45) is 4.97. The smallest absolute Gasteiger partial charge is 0.309 e. The Hall–Kier alpha value is -0.610. The molecule has 0 spiro atoms. The van der Waals surface area contributed by atoms with Crippen LogP contribution in [-0.2, 0) is 14.3 Å². The van der Waals surface area contributed by atoms with Gasteiger partial charge in [0.05, 0.1) is 18.1 Å². The second-order valence-corrected chi connectivity index (χ2v) is 4.88. The number of aliphatic carboxylic acids is 1. The van der Waals surface area contributed by atoms with Gasteiger partial charge in [0.25, 0.3) is 0 Å². The second-order valence-electron chi connectivity index (χ2n) is 4.88. The van der Waals surface area contributed by atoms with Crippen molar-refractivity contribution in [2.24, 2.45) is 11.8 Å². The van der Waals surface area contributed by atoms with E-state index in [4.69, 9.17) is 9.47 Å². The quantitative estimate of drug-likeness (QED) is 0.778. The molecule has 1 saturated carbocycles. The lowest BCUT2D eigenvalue weighted by molar-refractivity contribution is -0.145. The molecule has 3 atom stereocenters. The van der Waals surface area contributed by atoms with Crippen LogP contribution in [0.25, 0.3) is 0 Å². The van der Waals surface area contributed by atoms with Gasteiger partial charge in [-0.15, -0.1) is 0 Å². The van der Waals surface area contributed by atoms with Crippen molar-refractivity contribution < 1.29 is 19.4 Å². The third-order valence-corrected chi connectivity index (χ3v) is 3.84. The van der Waals surface area contributed by atoms with Crippen molar-refractivity contribution in [3.05, 3.63) is 0 Å². The van der Waals surface area contributed by atoms with Gasteiger partial charge in [0.15, 0.2) is 0 Å². The minimum absolute atomic E-state index is 0.0480. The maximum Gasteiger partial charge on any atom is 0.309 e. The van der Waals surface area contributed by atoms with Gasteiger partial charge < -0.3 is 14.6 Å². The van der Waals surface area contributed by atoms with E-state index in [1.54, 1.807) is 7.11 Å². The van der Waals surface area contributed by atoms with Crippen molar-refractivity contribution in [2.45, 2.75) is 44.3 Å². The summed E-state index contributed by atoms with van der Waals surface area (Å²) in [5.41, 5.74) is 0. The highest BCUT2D eigenvalue weighted by Gasteiger charge is 2.45. The van der Waals surface area contributed by atoms with E-state index < -0.39 is 5.97 Å². The third kappa shape index (κ3) is 2.38. The largest absolute Gasteiger partial charge is 0.481 e. The van der Waals surface area contributed by atoms with Crippen molar-refractivity contribution in [1.82, 2.24) is 0 Å². The third-order valence-electron chi connectivity index (χ3n) is 3.84. The minimum Gasteiger partial charge on any atom is -0.481 e. The Morgan fingerprint density at radius 2 is 2.25 bits per heavy atom. The van der Waals surface area contributed by atoms with Gasteiger partial charge in [-0.05, 0) is 31.6 Å². The monoisotopic (exact) mass is 228 g/mol. The van der Waals surface area contributed by atoms with Crippen molar-refractivity contribution in [3.8, 4) is 0 Å². The lowest BCUT2D eigenvalue weighted by Gasteiger charge is -2.33. The van der Waals surface area contributed by atoms with Gasteiger partial charge in [-0.1, -0.05) is 6.42 Å². The summed E-state index contributed by atoms with van der Waals surface area (Å²) >= 11 is 0. The molecule has 2 aliphatic rings. The van der Waals surface area contributed by atoms with Crippen LogP contribution < -0.4 is 0 Å². The molecule has 1 heterocycles. The Labute approximate surface area is 95.9 Å². The lowest BCUT2D eigenvalue weighted by atomic mass is 9.76. The predicted octanol–water partition coefficient (Wildman–Crippen LogP) is 1.68. The molecule has 4 heteroatoms. The van der Waals surface area contributed by atoms with Crippen LogP contribution >= 0.6 is 0 Å². The van der Waals surface area contributed by atoms with Gasteiger partial charge in [-0.3, -0.25) is 4.79 Å². The van der Waals surface area contributed by atoms with E-state index >= 15 is 0 Å². The summed E-state index contributed by atoms with van der Waals surface area (Å²) in [5.74, 6) is -0.516. The molecule has 92 valence electrons. The Bertz CT molecular complexity index is 249. The van der Waals surface area contributed by atoms with E-state index in [1.807, 2.05) is 0 Å². The first-order valence-electron chi connectivity index (χ1n) is 6.09. The molecule has 3 unspecified atom stereocenters. The fraction of sp³-hybridized carbons (Fsp3) is 0.917. The van der Waals surface area contributed by atoms with Gasteiger partial charge in [0, 0.05) is 13.7 Å². The SMILES string of the molecule is COCCC1CC(C(=O)O)C(C2CCC2)O1. The molecule has 16 heavy (non-hydrogen) atoms. The van der Waals surface area contributed by atoms with Crippen LogP contribution in [0.15, 0.2) is 0 Å². The van der Waals surface area contributed by atoms with Gasteiger partial charge in [-0.2, -0.15) is 0 Å². The number of methoxy groups -OCH3 is 1. The first-order chi connectivity index (χ1) is 7.72. The van der Waals surface area contributed by atoms with E-state index in [0.717, 1.165) is 19.3 Å². The average Bonchev–Trinajstić information content (AvgIpc) is 2.56. The van der Waals surface area contributed by atoms with E-state index in [2.05, 4.69) is 0 Å². The summed E-state index contributed by atoms with van der Waals surface area (Å²) in [7, 11) is 1.66. The van der Waals surface area contributed by atoms with Crippen molar-refractivity contribution in [2.75, 3.05) is 13.7 Å². The molecule has 1 aliphatic carbocycles. The fourth-order valence-electron chi connectivity index (χ4n) is 2.67. The molecular formula is C12H20O4. The number of carboxylic acid groups (broad SMARTS) is 1. The standard InChI is InChI=1S/C12H20O4/c1-15-6-5-9-7-10(12(13)14)11(16-9)8-3-2-4-8/h8-11H,2-7H2,1H3,(H,13,14). The molecule has 1 aliphatic heterocycles.